The zero-order valence-corrected chi connectivity index (χ0v) is 10.6. The van der Waals surface area contributed by atoms with Crippen LogP contribution in [0.25, 0.3) is 0 Å². The van der Waals surface area contributed by atoms with Gasteiger partial charge in [0.1, 0.15) is 0 Å². The number of hydrogen-bond acceptors (Lipinski definition) is 3. The van der Waals surface area contributed by atoms with E-state index in [4.69, 9.17) is 0 Å². The van der Waals surface area contributed by atoms with Crippen molar-refractivity contribution in [2.75, 3.05) is 19.6 Å². The third kappa shape index (κ3) is 2.51. The molecule has 1 aliphatic heterocycles. The van der Waals surface area contributed by atoms with Gasteiger partial charge in [-0.3, -0.25) is 9.59 Å². The van der Waals surface area contributed by atoms with Crippen molar-refractivity contribution in [1.29, 1.82) is 0 Å². The zero-order chi connectivity index (χ0) is 12.6. The van der Waals surface area contributed by atoms with Crippen LogP contribution in [0, 0.1) is 11.3 Å². The molecule has 100 valence electrons. The summed E-state index contributed by atoms with van der Waals surface area (Å²) in [6.45, 7) is 2.18. The Kier molecular flexibility index (Phi) is 3.01. The highest BCUT2D eigenvalue weighted by Crippen LogP contribution is 2.58. The number of amides is 2. The van der Waals surface area contributed by atoms with Crippen LogP contribution >= 0.6 is 0 Å². The Balaban J connectivity index is 1.40. The van der Waals surface area contributed by atoms with Gasteiger partial charge in [-0.2, -0.15) is 0 Å². The molecule has 3 rings (SSSR count). The monoisotopic (exact) mass is 251 g/mol. The van der Waals surface area contributed by atoms with Gasteiger partial charge in [0.15, 0.2) is 0 Å². The van der Waals surface area contributed by atoms with E-state index >= 15 is 0 Å². The quantitative estimate of drug-likeness (QED) is 0.646. The van der Waals surface area contributed by atoms with Crippen molar-refractivity contribution in [3.05, 3.63) is 0 Å². The smallest absolute Gasteiger partial charge is 0.239 e. The van der Waals surface area contributed by atoms with E-state index in [9.17, 15) is 9.59 Å². The number of nitrogens with one attached hydrogen (secondary N) is 3. The van der Waals surface area contributed by atoms with Crippen LogP contribution in [-0.4, -0.2) is 37.5 Å². The van der Waals surface area contributed by atoms with Crippen LogP contribution in [0.3, 0.4) is 0 Å². The van der Waals surface area contributed by atoms with Crippen LogP contribution in [0.1, 0.15) is 32.1 Å². The Morgan fingerprint density at radius 2 is 1.94 bits per heavy atom. The summed E-state index contributed by atoms with van der Waals surface area (Å²) < 4.78 is 0. The summed E-state index contributed by atoms with van der Waals surface area (Å²) in [6, 6.07) is 0.367. The predicted octanol–water partition coefficient (Wildman–Crippen LogP) is -0.229. The Morgan fingerprint density at radius 1 is 1.22 bits per heavy atom. The molecule has 1 unspecified atom stereocenters. The van der Waals surface area contributed by atoms with Crippen LogP contribution in [0.5, 0.6) is 0 Å². The molecule has 2 amide bonds. The molecule has 0 aromatic carbocycles. The fraction of sp³-hybridized carbons (Fsp3) is 0.846. The van der Waals surface area contributed by atoms with Gasteiger partial charge in [-0.05, 0) is 50.6 Å². The van der Waals surface area contributed by atoms with Gasteiger partial charge in [-0.25, -0.2) is 0 Å². The van der Waals surface area contributed by atoms with Crippen molar-refractivity contribution < 1.29 is 9.59 Å². The largest absolute Gasteiger partial charge is 0.352 e. The Morgan fingerprint density at radius 3 is 2.61 bits per heavy atom. The van der Waals surface area contributed by atoms with E-state index in [-0.39, 0.29) is 29.7 Å². The molecule has 1 spiro atoms. The van der Waals surface area contributed by atoms with Crippen molar-refractivity contribution in [1.82, 2.24) is 16.0 Å². The van der Waals surface area contributed by atoms with E-state index in [2.05, 4.69) is 16.0 Å². The van der Waals surface area contributed by atoms with Crippen molar-refractivity contribution in [2.24, 2.45) is 11.3 Å². The molecular formula is C13H21N3O2. The molecule has 0 aromatic rings. The lowest BCUT2D eigenvalue weighted by Crippen LogP contribution is -2.39. The molecule has 2 saturated carbocycles. The van der Waals surface area contributed by atoms with Gasteiger partial charge in [-0.1, -0.05) is 0 Å². The second kappa shape index (κ2) is 4.53. The first-order chi connectivity index (χ1) is 8.70. The SMILES string of the molecule is O=C(CNC(=O)C1CC12CCNCC2)NC1CC1. The summed E-state index contributed by atoms with van der Waals surface area (Å²) in [5.74, 6) is 0.169. The first-order valence-corrected chi connectivity index (χ1v) is 6.97. The maximum absolute atomic E-state index is 12.0. The maximum Gasteiger partial charge on any atom is 0.239 e. The zero-order valence-electron chi connectivity index (χ0n) is 10.6. The topological polar surface area (TPSA) is 70.2 Å². The number of piperidine rings is 1. The lowest BCUT2D eigenvalue weighted by molar-refractivity contribution is -0.127. The van der Waals surface area contributed by atoms with E-state index in [0.717, 1.165) is 45.2 Å². The fourth-order valence-electron chi connectivity index (χ4n) is 2.99. The van der Waals surface area contributed by atoms with Crippen molar-refractivity contribution >= 4 is 11.8 Å². The van der Waals surface area contributed by atoms with Gasteiger partial charge in [0.25, 0.3) is 0 Å². The Bertz CT molecular complexity index is 359. The predicted molar refractivity (Wildman–Crippen MR) is 66.8 cm³/mol. The van der Waals surface area contributed by atoms with Crippen LogP contribution in [-0.2, 0) is 9.59 Å². The molecule has 1 saturated heterocycles. The molecular weight excluding hydrogens is 230 g/mol. The third-order valence-electron chi connectivity index (χ3n) is 4.47. The van der Waals surface area contributed by atoms with Gasteiger partial charge in [0.2, 0.25) is 11.8 Å². The molecule has 18 heavy (non-hydrogen) atoms. The van der Waals surface area contributed by atoms with E-state index in [0.29, 0.717) is 6.04 Å². The summed E-state index contributed by atoms with van der Waals surface area (Å²) in [4.78, 5) is 23.4. The van der Waals surface area contributed by atoms with Gasteiger partial charge in [0.05, 0.1) is 6.54 Å². The van der Waals surface area contributed by atoms with E-state index in [1.54, 1.807) is 0 Å². The molecule has 5 heteroatoms. The molecule has 5 nitrogen and oxygen atoms in total. The van der Waals surface area contributed by atoms with Crippen molar-refractivity contribution in [2.45, 2.75) is 38.1 Å². The van der Waals surface area contributed by atoms with Gasteiger partial charge >= 0.3 is 0 Å². The molecule has 3 aliphatic rings. The highest BCUT2D eigenvalue weighted by molar-refractivity contribution is 5.88. The summed E-state index contributed by atoms with van der Waals surface area (Å²) >= 11 is 0. The van der Waals surface area contributed by atoms with Crippen molar-refractivity contribution in [3.8, 4) is 0 Å². The minimum atomic E-state index is -0.0501. The van der Waals surface area contributed by atoms with E-state index < -0.39 is 0 Å². The minimum absolute atomic E-state index is 0.0501. The van der Waals surface area contributed by atoms with Crippen LogP contribution in [0.2, 0.25) is 0 Å². The molecule has 1 atom stereocenters. The van der Waals surface area contributed by atoms with Crippen LogP contribution in [0.4, 0.5) is 0 Å². The molecule has 0 radical (unpaired) electrons. The number of rotatable bonds is 4. The summed E-state index contributed by atoms with van der Waals surface area (Å²) in [5, 5.41) is 8.98. The van der Waals surface area contributed by atoms with Crippen LogP contribution < -0.4 is 16.0 Å². The number of carbonyl (C=O) groups is 2. The second-order valence-corrected chi connectivity index (χ2v) is 5.93. The minimum Gasteiger partial charge on any atom is -0.352 e. The van der Waals surface area contributed by atoms with E-state index in [1.165, 1.54) is 0 Å². The molecule has 0 aromatic heterocycles. The van der Waals surface area contributed by atoms with Crippen LogP contribution in [0.15, 0.2) is 0 Å². The normalized spacial score (nSPS) is 28.8. The standard InChI is InChI=1S/C13H21N3O2/c17-11(16-9-1-2-9)8-15-12(18)10-7-13(10)3-5-14-6-4-13/h9-10,14H,1-8H2,(H,15,18)(H,16,17). The average molecular weight is 251 g/mol. The molecule has 2 aliphatic carbocycles. The summed E-state index contributed by atoms with van der Waals surface area (Å²) in [6.07, 6.45) is 5.36. The average Bonchev–Trinajstić information content (AvgIpc) is 3.27. The summed E-state index contributed by atoms with van der Waals surface area (Å²) in [5.41, 5.74) is 0.252. The lowest BCUT2D eigenvalue weighted by Gasteiger charge is -2.23. The van der Waals surface area contributed by atoms with E-state index in [1.807, 2.05) is 0 Å². The molecule has 0 bridgehead atoms. The fourth-order valence-corrected chi connectivity index (χ4v) is 2.99. The van der Waals surface area contributed by atoms with Gasteiger partial charge in [-0.15, -0.1) is 0 Å². The maximum atomic E-state index is 12.0. The van der Waals surface area contributed by atoms with Gasteiger partial charge in [0, 0.05) is 12.0 Å². The van der Waals surface area contributed by atoms with Gasteiger partial charge < -0.3 is 16.0 Å². The van der Waals surface area contributed by atoms with Crippen molar-refractivity contribution in [3.63, 3.8) is 0 Å². The second-order valence-electron chi connectivity index (χ2n) is 5.93. The molecule has 1 heterocycles. The third-order valence-corrected chi connectivity index (χ3v) is 4.47. The lowest BCUT2D eigenvalue weighted by atomic mass is 9.92. The summed E-state index contributed by atoms with van der Waals surface area (Å²) in [7, 11) is 0. The Labute approximate surface area is 107 Å². The Hall–Kier alpha value is -1.10. The molecule has 3 N–H and O–H groups in total. The molecule has 3 fully saturated rings. The number of hydrogen-bond donors (Lipinski definition) is 3. The number of carbonyl (C=O) groups excluding carboxylic acids is 2. The highest BCUT2D eigenvalue weighted by Gasteiger charge is 2.57. The highest BCUT2D eigenvalue weighted by atomic mass is 16.2. The first-order valence-electron chi connectivity index (χ1n) is 6.97. The first kappa shape index (κ1) is 12.0.